The lowest BCUT2D eigenvalue weighted by Crippen LogP contribution is -2.39. The topological polar surface area (TPSA) is 76.5 Å². The Kier molecular flexibility index (Phi) is 6.02. The number of hydrogen-bond donors (Lipinski definition) is 1. The average molecular weight is 418 g/mol. The predicted molar refractivity (Wildman–Crippen MR) is 118 cm³/mol. The fraction of sp³-hybridized carbons (Fsp3) is 0.292. The summed E-state index contributed by atoms with van der Waals surface area (Å²) >= 11 is 0. The summed E-state index contributed by atoms with van der Waals surface area (Å²) in [6.45, 7) is 0.549. The molecule has 3 aromatic rings. The van der Waals surface area contributed by atoms with Gasteiger partial charge in [-0.2, -0.15) is 5.10 Å². The van der Waals surface area contributed by atoms with Crippen LogP contribution in [-0.2, 0) is 11.3 Å². The minimum atomic E-state index is -0.247. The van der Waals surface area contributed by atoms with Crippen LogP contribution in [0.5, 0.6) is 5.75 Å². The van der Waals surface area contributed by atoms with Gasteiger partial charge in [-0.3, -0.25) is 14.3 Å². The molecule has 0 spiro atoms. The van der Waals surface area contributed by atoms with E-state index >= 15 is 0 Å². The highest BCUT2D eigenvalue weighted by Crippen LogP contribution is 2.27. The van der Waals surface area contributed by atoms with Gasteiger partial charge in [0, 0.05) is 24.8 Å². The van der Waals surface area contributed by atoms with Crippen LogP contribution in [0.2, 0.25) is 0 Å². The number of likely N-dealkylation sites (N-methyl/N-ethyl adjacent to an activating group) is 1. The predicted octanol–water partition coefficient (Wildman–Crippen LogP) is 2.96. The summed E-state index contributed by atoms with van der Waals surface area (Å²) in [5.41, 5.74) is 2.88. The van der Waals surface area contributed by atoms with Crippen molar-refractivity contribution in [3.05, 3.63) is 71.9 Å². The zero-order valence-corrected chi connectivity index (χ0v) is 17.7. The highest BCUT2D eigenvalue weighted by molar-refractivity contribution is 6.01. The van der Waals surface area contributed by atoms with Gasteiger partial charge in [0.05, 0.1) is 25.8 Å². The zero-order valence-electron chi connectivity index (χ0n) is 17.7. The van der Waals surface area contributed by atoms with Crippen LogP contribution in [0.15, 0.2) is 60.8 Å². The van der Waals surface area contributed by atoms with E-state index in [-0.39, 0.29) is 24.4 Å². The molecule has 0 bridgehead atoms. The third kappa shape index (κ3) is 5.12. The SMILES string of the molecule is COc1cccc(-c2nn(Cc3ccccc3)cc2C(=O)N(C)CC(=O)NC2CC2)c1. The van der Waals surface area contributed by atoms with Crippen molar-refractivity contribution in [2.24, 2.45) is 0 Å². The second kappa shape index (κ2) is 9.04. The van der Waals surface area contributed by atoms with Crippen LogP contribution in [0.25, 0.3) is 11.3 Å². The van der Waals surface area contributed by atoms with E-state index in [1.165, 1.54) is 4.90 Å². The number of nitrogens with zero attached hydrogens (tertiary/aromatic N) is 3. The normalized spacial score (nSPS) is 13.0. The van der Waals surface area contributed by atoms with Crippen LogP contribution in [0.4, 0.5) is 0 Å². The van der Waals surface area contributed by atoms with Gasteiger partial charge in [-0.1, -0.05) is 42.5 Å². The number of aromatic nitrogens is 2. The Hall–Kier alpha value is -3.61. The molecule has 1 aromatic heterocycles. The monoisotopic (exact) mass is 418 g/mol. The van der Waals surface area contributed by atoms with E-state index in [4.69, 9.17) is 9.84 Å². The van der Waals surface area contributed by atoms with E-state index in [1.54, 1.807) is 25.0 Å². The first-order chi connectivity index (χ1) is 15.0. The second-order valence-corrected chi connectivity index (χ2v) is 7.81. The molecule has 2 amide bonds. The van der Waals surface area contributed by atoms with Gasteiger partial charge in [-0.15, -0.1) is 0 Å². The highest BCUT2D eigenvalue weighted by Gasteiger charge is 2.26. The van der Waals surface area contributed by atoms with Crippen molar-refractivity contribution in [2.75, 3.05) is 20.7 Å². The molecule has 1 fully saturated rings. The minimum Gasteiger partial charge on any atom is -0.497 e. The Morgan fingerprint density at radius 1 is 1.16 bits per heavy atom. The number of ether oxygens (including phenoxy) is 1. The van der Waals surface area contributed by atoms with Gasteiger partial charge in [0.1, 0.15) is 11.4 Å². The number of carbonyl (C=O) groups excluding carboxylic acids is 2. The highest BCUT2D eigenvalue weighted by atomic mass is 16.5. The first-order valence-corrected chi connectivity index (χ1v) is 10.3. The fourth-order valence-electron chi connectivity index (χ4n) is 3.41. The molecular formula is C24H26N4O3. The molecule has 1 saturated carbocycles. The number of hydrogen-bond acceptors (Lipinski definition) is 4. The van der Waals surface area contributed by atoms with Crippen LogP contribution < -0.4 is 10.1 Å². The van der Waals surface area contributed by atoms with Gasteiger partial charge < -0.3 is 15.0 Å². The van der Waals surface area contributed by atoms with Crippen molar-refractivity contribution in [2.45, 2.75) is 25.4 Å². The van der Waals surface area contributed by atoms with Gasteiger partial charge in [-0.25, -0.2) is 0 Å². The Morgan fingerprint density at radius 3 is 2.65 bits per heavy atom. The quantitative estimate of drug-likeness (QED) is 0.610. The number of carbonyl (C=O) groups is 2. The largest absolute Gasteiger partial charge is 0.497 e. The molecule has 1 heterocycles. The van der Waals surface area contributed by atoms with Crippen LogP contribution in [0.3, 0.4) is 0 Å². The average Bonchev–Trinajstić information content (AvgIpc) is 3.50. The van der Waals surface area contributed by atoms with Crippen LogP contribution >= 0.6 is 0 Å². The summed E-state index contributed by atoms with van der Waals surface area (Å²) in [6.07, 6.45) is 3.77. The second-order valence-electron chi connectivity index (χ2n) is 7.81. The van der Waals surface area contributed by atoms with E-state index in [0.717, 1.165) is 24.0 Å². The molecule has 1 aliphatic carbocycles. The first-order valence-electron chi connectivity index (χ1n) is 10.3. The Balaban J connectivity index is 1.63. The van der Waals surface area contributed by atoms with Crippen molar-refractivity contribution in [1.29, 1.82) is 0 Å². The van der Waals surface area contributed by atoms with Crippen molar-refractivity contribution < 1.29 is 14.3 Å². The molecule has 0 atom stereocenters. The summed E-state index contributed by atoms with van der Waals surface area (Å²) in [7, 11) is 3.24. The molecule has 1 aliphatic rings. The zero-order chi connectivity index (χ0) is 21.8. The van der Waals surface area contributed by atoms with Gasteiger partial charge >= 0.3 is 0 Å². The van der Waals surface area contributed by atoms with Crippen molar-refractivity contribution in [1.82, 2.24) is 20.0 Å². The van der Waals surface area contributed by atoms with Gasteiger partial charge in [-0.05, 0) is 30.5 Å². The van der Waals surface area contributed by atoms with Gasteiger partial charge in [0.15, 0.2) is 0 Å². The van der Waals surface area contributed by atoms with Crippen molar-refractivity contribution >= 4 is 11.8 Å². The molecule has 4 rings (SSSR count). The number of methoxy groups -OCH3 is 1. The maximum atomic E-state index is 13.3. The lowest BCUT2D eigenvalue weighted by Gasteiger charge is -2.16. The van der Waals surface area contributed by atoms with Crippen molar-refractivity contribution in [3.63, 3.8) is 0 Å². The first kappa shape index (κ1) is 20.7. The molecule has 31 heavy (non-hydrogen) atoms. The van der Waals surface area contributed by atoms with E-state index in [9.17, 15) is 9.59 Å². The van der Waals surface area contributed by atoms with Gasteiger partial charge in [0.2, 0.25) is 5.91 Å². The smallest absolute Gasteiger partial charge is 0.257 e. The third-order valence-corrected chi connectivity index (χ3v) is 5.19. The maximum Gasteiger partial charge on any atom is 0.257 e. The summed E-state index contributed by atoms with van der Waals surface area (Å²) < 4.78 is 7.10. The number of nitrogens with one attached hydrogen (secondary N) is 1. The maximum absolute atomic E-state index is 13.3. The number of rotatable bonds is 8. The molecule has 7 heteroatoms. The lowest BCUT2D eigenvalue weighted by atomic mass is 10.1. The van der Waals surface area contributed by atoms with E-state index in [2.05, 4.69) is 5.32 Å². The molecule has 0 unspecified atom stereocenters. The third-order valence-electron chi connectivity index (χ3n) is 5.19. The van der Waals surface area contributed by atoms with Gasteiger partial charge in [0.25, 0.3) is 5.91 Å². The van der Waals surface area contributed by atoms with E-state index in [1.807, 2.05) is 54.6 Å². The van der Waals surface area contributed by atoms with Crippen LogP contribution in [0.1, 0.15) is 28.8 Å². The van der Waals surface area contributed by atoms with E-state index < -0.39 is 0 Å². The lowest BCUT2D eigenvalue weighted by molar-refractivity contribution is -0.121. The summed E-state index contributed by atoms with van der Waals surface area (Å²) in [4.78, 5) is 26.9. The van der Waals surface area contributed by atoms with Crippen LogP contribution in [0, 0.1) is 0 Å². The summed E-state index contributed by atoms with van der Waals surface area (Å²) in [6, 6.07) is 17.7. The molecule has 7 nitrogen and oxygen atoms in total. The minimum absolute atomic E-state index is 0.0107. The number of benzene rings is 2. The molecule has 160 valence electrons. The Morgan fingerprint density at radius 2 is 1.94 bits per heavy atom. The van der Waals surface area contributed by atoms with E-state index in [0.29, 0.717) is 23.6 Å². The standard InChI is InChI=1S/C24H26N4O3/c1-27(16-22(29)25-19-11-12-19)24(30)21-15-28(14-17-7-4-3-5-8-17)26-23(21)18-9-6-10-20(13-18)31-2/h3-10,13,15,19H,11-12,14,16H2,1-2H3,(H,25,29). The summed E-state index contributed by atoms with van der Waals surface area (Å²) in [5.74, 6) is 0.298. The summed E-state index contributed by atoms with van der Waals surface area (Å²) in [5, 5.41) is 7.63. The molecular weight excluding hydrogens is 392 g/mol. The molecule has 0 saturated heterocycles. The van der Waals surface area contributed by atoms with Crippen LogP contribution in [-0.4, -0.2) is 53.2 Å². The molecule has 0 aliphatic heterocycles. The Labute approximate surface area is 181 Å². The fourth-order valence-corrected chi connectivity index (χ4v) is 3.41. The Bertz CT molecular complexity index is 1070. The number of amides is 2. The van der Waals surface area contributed by atoms with Crippen molar-refractivity contribution in [3.8, 4) is 17.0 Å². The molecule has 0 radical (unpaired) electrons. The molecule has 2 aromatic carbocycles. The molecule has 1 N–H and O–H groups in total.